The van der Waals surface area contributed by atoms with E-state index < -0.39 is 115 Å². The van der Waals surface area contributed by atoms with Gasteiger partial charge in [0.2, 0.25) is 41.4 Å². The number of benzene rings is 1. The maximum absolute atomic E-state index is 14.0. The van der Waals surface area contributed by atoms with Gasteiger partial charge < -0.3 is 74.7 Å². The number of aromatic hydroxyl groups is 1. The van der Waals surface area contributed by atoms with E-state index in [9.17, 15) is 53.4 Å². The molecule has 358 valence electrons. The lowest BCUT2D eigenvalue weighted by Gasteiger charge is -2.25. The first kappa shape index (κ1) is 53.8. The molecule has 0 saturated carbocycles. The molecule has 25 heteroatoms. The molecule has 65 heavy (non-hydrogen) atoms. The summed E-state index contributed by atoms with van der Waals surface area (Å²) in [6.07, 6.45) is 2.12. The number of amides is 7. The number of carboxylic acid groups (broad SMARTS) is 2. The van der Waals surface area contributed by atoms with E-state index in [1.807, 2.05) is 0 Å². The van der Waals surface area contributed by atoms with E-state index in [-0.39, 0.29) is 49.9 Å². The zero-order chi connectivity index (χ0) is 48.8. The summed E-state index contributed by atoms with van der Waals surface area (Å²) in [5.74, 6) is -8.78. The second kappa shape index (κ2) is 27.0. The first-order valence-electron chi connectivity index (χ1n) is 20.7. The van der Waals surface area contributed by atoms with Crippen LogP contribution in [0.5, 0.6) is 5.75 Å². The van der Waals surface area contributed by atoms with Crippen LogP contribution in [0.3, 0.4) is 0 Å². The minimum atomic E-state index is -1.55. The molecule has 25 nitrogen and oxygen atoms in total. The Morgan fingerprint density at radius 3 is 1.85 bits per heavy atom. The van der Waals surface area contributed by atoms with Crippen molar-refractivity contribution in [1.82, 2.24) is 47.2 Å². The van der Waals surface area contributed by atoms with Gasteiger partial charge in [0.1, 0.15) is 42.0 Å². The van der Waals surface area contributed by atoms with Crippen molar-refractivity contribution in [3.05, 3.63) is 48.0 Å². The zero-order valence-electron chi connectivity index (χ0n) is 36.6. The van der Waals surface area contributed by atoms with E-state index in [1.54, 1.807) is 13.8 Å². The fourth-order valence-electron chi connectivity index (χ4n) is 5.95. The number of aromatic nitrogens is 2. The SMILES string of the molecule is CC(C)C[C@H](NC(=O)CNC(=O)[C@H](Cc1ccc(O)cc1)NC(=O)[C@H](Cc1cnc[nH]1)NC(=O)[C@H](C)NC(=O)[C@H](C)NC(=O)[C@@H](N)CCCN=C(N)N)C(=O)N[C@@H](CCC(=O)O)C(=O)O. The molecule has 0 aliphatic rings. The van der Waals surface area contributed by atoms with Gasteiger partial charge in [-0.25, -0.2) is 9.78 Å². The van der Waals surface area contributed by atoms with Crippen molar-refractivity contribution >= 4 is 59.2 Å². The molecule has 7 amide bonds. The van der Waals surface area contributed by atoms with Crippen LogP contribution in [0.1, 0.15) is 71.1 Å². The van der Waals surface area contributed by atoms with Gasteiger partial charge in [0.15, 0.2) is 5.96 Å². The smallest absolute Gasteiger partial charge is 0.326 e. The van der Waals surface area contributed by atoms with Crippen LogP contribution in [-0.4, -0.2) is 140 Å². The standard InChI is InChI=1S/C40H61N13O12/c1-20(2)14-28(37(62)51-27(39(64)65)11-12-32(56)57)50-31(55)18-46-36(61)29(15-23-7-9-25(54)10-8-23)53-38(63)30(16-24-17-44-19-47-24)52-34(59)22(4)48-33(58)21(3)49-35(60)26(41)6-5-13-45-40(42)43/h7-10,17,19-22,26-30,54H,5-6,11-16,18,41H2,1-4H3,(H,44,47)(H,46,61)(H,48,58)(H,49,60)(H,50,55)(H,51,62)(H,52,59)(H,53,63)(H,56,57)(H,64,65)(H4,42,43,45)/t21-,22-,26-,27-,28-,29-,30-/m0/s1. The number of aromatic amines is 1. The van der Waals surface area contributed by atoms with E-state index in [2.05, 4.69) is 52.2 Å². The number of nitrogens with zero attached hydrogens (tertiary/aromatic N) is 2. The van der Waals surface area contributed by atoms with E-state index in [4.69, 9.17) is 22.3 Å². The van der Waals surface area contributed by atoms with Crippen molar-refractivity contribution in [2.24, 2.45) is 28.1 Å². The molecule has 0 bridgehead atoms. The van der Waals surface area contributed by atoms with Gasteiger partial charge in [0.05, 0.1) is 18.9 Å². The molecule has 1 aromatic carbocycles. The van der Waals surface area contributed by atoms with Crippen LogP contribution in [0.4, 0.5) is 0 Å². The third-order valence-electron chi connectivity index (χ3n) is 9.47. The van der Waals surface area contributed by atoms with Crippen molar-refractivity contribution in [1.29, 1.82) is 0 Å². The fourth-order valence-corrected chi connectivity index (χ4v) is 5.95. The number of carbonyl (C=O) groups excluding carboxylic acids is 7. The highest BCUT2D eigenvalue weighted by Crippen LogP contribution is 2.13. The van der Waals surface area contributed by atoms with E-state index in [0.717, 1.165) is 0 Å². The summed E-state index contributed by atoms with van der Waals surface area (Å²) >= 11 is 0. The predicted octanol–water partition coefficient (Wildman–Crippen LogP) is -3.66. The summed E-state index contributed by atoms with van der Waals surface area (Å²) in [6, 6.07) is -3.25. The molecule has 1 heterocycles. The maximum atomic E-state index is 14.0. The van der Waals surface area contributed by atoms with Crippen molar-refractivity contribution in [3.8, 4) is 5.75 Å². The molecular formula is C40H61N13O12. The average Bonchev–Trinajstić information content (AvgIpc) is 3.75. The number of aliphatic imine (C=N–C) groups is 1. The lowest BCUT2D eigenvalue weighted by molar-refractivity contribution is -0.143. The van der Waals surface area contributed by atoms with Crippen LogP contribution in [-0.2, 0) is 56.0 Å². The normalized spacial score (nSPS) is 14.1. The Labute approximate surface area is 374 Å². The van der Waals surface area contributed by atoms with Crippen molar-refractivity contribution in [2.45, 2.75) is 115 Å². The Bertz CT molecular complexity index is 1970. The Kier molecular flexibility index (Phi) is 22.4. The number of carboxylic acids is 2. The van der Waals surface area contributed by atoms with Crippen molar-refractivity contribution < 1.29 is 58.5 Å². The quantitative estimate of drug-likeness (QED) is 0.0222. The maximum Gasteiger partial charge on any atom is 0.326 e. The molecule has 7 atom stereocenters. The number of imidazole rings is 1. The number of hydrogen-bond donors (Lipinski definition) is 14. The number of guanidine groups is 1. The topological polar surface area (TPSA) is 418 Å². The van der Waals surface area contributed by atoms with Gasteiger partial charge in [-0.15, -0.1) is 0 Å². The molecule has 0 saturated heterocycles. The third-order valence-corrected chi connectivity index (χ3v) is 9.47. The zero-order valence-corrected chi connectivity index (χ0v) is 36.6. The number of H-pyrrole nitrogens is 1. The minimum absolute atomic E-state index is 0.0516. The van der Waals surface area contributed by atoms with Crippen LogP contribution in [0, 0.1) is 5.92 Å². The second-order valence-corrected chi connectivity index (χ2v) is 15.6. The van der Waals surface area contributed by atoms with Gasteiger partial charge in [0, 0.05) is 37.7 Å². The van der Waals surface area contributed by atoms with Crippen LogP contribution < -0.4 is 54.4 Å². The monoisotopic (exact) mass is 915 g/mol. The number of phenolic OH excluding ortho intramolecular Hbond substituents is 1. The Balaban J connectivity index is 2.20. The van der Waals surface area contributed by atoms with Crippen LogP contribution in [0.2, 0.25) is 0 Å². The second-order valence-electron chi connectivity index (χ2n) is 15.6. The van der Waals surface area contributed by atoms with Gasteiger partial charge in [-0.1, -0.05) is 26.0 Å². The molecule has 17 N–H and O–H groups in total. The Morgan fingerprint density at radius 2 is 1.28 bits per heavy atom. The molecule has 2 aromatic rings. The summed E-state index contributed by atoms with van der Waals surface area (Å²) in [7, 11) is 0. The largest absolute Gasteiger partial charge is 0.508 e. The van der Waals surface area contributed by atoms with Gasteiger partial charge >= 0.3 is 11.9 Å². The van der Waals surface area contributed by atoms with Gasteiger partial charge in [0.25, 0.3) is 0 Å². The lowest BCUT2D eigenvalue weighted by Crippen LogP contribution is -2.59. The number of phenols is 1. The highest BCUT2D eigenvalue weighted by atomic mass is 16.4. The predicted molar refractivity (Wildman–Crippen MR) is 232 cm³/mol. The number of carbonyl (C=O) groups is 9. The van der Waals surface area contributed by atoms with Crippen LogP contribution in [0.25, 0.3) is 0 Å². The number of hydrogen-bond acceptors (Lipinski definition) is 13. The van der Waals surface area contributed by atoms with Crippen LogP contribution in [0.15, 0.2) is 41.8 Å². The molecule has 0 aliphatic carbocycles. The highest BCUT2D eigenvalue weighted by Gasteiger charge is 2.32. The van der Waals surface area contributed by atoms with Crippen molar-refractivity contribution in [2.75, 3.05) is 13.1 Å². The molecule has 0 unspecified atom stereocenters. The summed E-state index contributed by atoms with van der Waals surface area (Å²) in [5.41, 5.74) is 17.4. The van der Waals surface area contributed by atoms with Crippen LogP contribution >= 0.6 is 0 Å². The summed E-state index contributed by atoms with van der Waals surface area (Å²) in [4.78, 5) is 126. The van der Waals surface area contributed by atoms with E-state index >= 15 is 0 Å². The van der Waals surface area contributed by atoms with Gasteiger partial charge in [-0.3, -0.25) is 43.3 Å². The Morgan fingerprint density at radius 1 is 0.708 bits per heavy atom. The first-order valence-corrected chi connectivity index (χ1v) is 20.7. The minimum Gasteiger partial charge on any atom is -0.508 e. The molecule has 0 radical (unpaired) electrons. The number of nitrogens with one attached hydrogen (secondary N) is 8. The molecule has 0 fully saturated rings. The summed E-state index contributed by atoms with van der Waals surface area (Å²) in [5, 5.41) is 45.5. The molecule has 1 aromatic heterocycles. The third kappa shape index (κ3) is 20.6. The fraction of sp³-hybridized carbons (Fsp3) is 0.525. The first-order chi connectivity index (χ1) is 30.6. The van der Waals surface area contributed by atoms with Crippen molar-refractivity contribution in [3.63, 3.8) is 0 Å². The number of rotatable bonds is 28. The summed E-state index contributed by atoms with van der Waals surface area (Å²) < 4.78 is 0. The molecular weight excluding hydrogens is 855 g/mol. The van der Waals surface area contributed by atoms with Gasteiger partial charge in [-0.2, -0.15) is 0 Å². The van der Waals surface area contributed by atoms with Gasteiger partial charge in [-0.05, 0) is 63.1 Å². The average molecular weight is 916 g/mol. The van der Waals surface area contributed by atoms with E-state index in [0.29, 0.717) is 17.7 Å². The molecule has 2 rings (SSSR count). The highest BCUT2D eigenvalue weighted by molar-refractivity contribution is 5.97. The number of nitrogens with two attached hydrogens (primary N) is 3. The molecule has 0 spiro atoms. The lowest BCUT2D eigenvalue weighted by atomic mass is 10.0. The van der Waals surface area contributed by atoms with E-state index in [1.165, 1.54) is 50.6 Å². The number of aliphatic carboxylic acids is 2. The molecule has 0 aliphatic heterocycles. The Hall–Kier alpha value is -7.31. The summed E-state index contributed by atoms with van der Waals surface area (Å²) in [6.45, 7) is 5.75.